The number of carbonyl (C=O) groups is 2. The SMILES string of the molecule is CCOC(=O)CN(C1CC1)S(=O)(=O)CCCC(=O)OC. The van der Waals surface area contributed by atoms with Gasteiger partial charge in [-0.05, 0) is 26.2 Å². The fourth-order valence-electron chi connectivity index (χ4n) is 1.77. The minimum absolute atomic E-state index is 0.0492. The third kappa shape index (κ3) is 5.46. The molecule has 1 aliphatic carbocycles. The van der Waals surface area contributed by atoms with Gasteiger partial charge in [0.1, 0.15) is 6.54 Å². The predicted octanol–water partition coefficient (Wildman–Crippen LogP) is 0.297. The molecular formula is C12H21NO6S. The third-order valence-corrected chi connectivity index (χ3v) is 4.86. The third-order valence-electron chi connectivity index (χ3n) is 2.91. The van der Waals surface area contributed by atoms with Crippen LogP contribution in [-0.4, -0.2) is 56.7 Å². The molecule has 0 unspecified atom stereocenters. The lowest BCUT2D eigenvalue weighted by Crippen LogP contribution is -2.39. The zero-order valence-electron chi connectivity index (χ0n) is 11.8. The van der Waals surface area contributed by atoms with Gasteiger partial charge in [0.15, 0.2) is 0 Å². The Bertz CT molecular complexity index is 443. The Labute approximate surface area is 119 Å². The zero-order valence-corrected chi connectivity index (χ0v) is 12.6. The smallest absolute Gasteiger partial charge is 0.321 e. The fraction of sp³-hybridized carbons (Fsp3) is 0.833. The molecule has 0 heterocycles. The van der Waals surface area contributed by atoms with Crippen molar-refractivity contribution >= 4 is 22.0 Å². The average Bonchev–Trinajstić information content (AvgIpc) is 3.19. The monoisotopic (exact) mass is 307 g/mol. The number of hydrogen-bond donors (Lipinski definition) is 0. The van der Waals surface area contributed by atoms with Gasteiger partial charge in [-0.25, -0.2) is 8.42 Å². The number of rotatable bonds is 9. The van der Waals surface area contributed by atoms with Gasteiger partial charge in [-0.1, -0.05) is 0 Å². The first-order valence-corrected chi connectivity index (χ1v) is 8.23. The van der Waals surface area contributed by atoms with Crippen molar-refractivity contribution < 1.29 is 27.5 Å². The van der Waals surface area contributed by atoms with Crippen molar-refractivity contribution in [1.82, 2.24) is 4.31 Å². The van der Waals surface area contributed by atoms with E-state index in [0.717, 1.165) is 12.8 Å². The maximum Gasteiger partial charge on any atom is 0.321 e. The Morgan fingerprint density at radius 3 is 2.40 bits per heavy atom. The molecule has 1 aliphatic rings. The van der Waals surface area contributed by atoms with Gasteiger partial charge in [-0.3, -0.25) is 9.59 Å². The summed E-state index contributed by atoms with van der Waals surface area (Å²) in [7, 11) is -2.29. The van der Waals surface area contributed by atoms with Crippen LogP contribution in [0.5, 0.6) is 0 Å². The topological polar surface area (TPSA) is 90.0 Å². The van der Waals surface area contributed by atoms with E-state index in [1.54, 1.807) is 6.92 Å². The molecule has 20 heavy (non-hydrogen) atoms. The quantitative estimate of drug-likeness (QED) is 0.569. The minimum Gasteiger partial charge on any atom is -0.469 e. The van der Waals surface area contributed by atoms with Crippen LogP contribution in [0, 0.1) is 0 Å². The summed E-state index contributed by atoms with van der Waals surface area (Å²) in [5, 5.41) is 0. The highest BCUT2D eigenvalue weighted by Crippen LogP contribution is 2.29. The van der Waals surface area contributed by atoms with Gasteiger partial charge in [-0.15, -0.1) is 0 Å². The second-order valence-corrected chi connectivity index (χ2v) is 6.62. The molecule has 1 rings (SSSR count). The Kier molecular flexibility index (Phi) is 6.41. The Morgan fingerprint density at radius 2 is 1.90 bits per heavy atom. The van der Waals surface area contributed by atoms with Crippen LogP contribution in [0.25, 0.3) is 0 Å². The van der Waals surface area contributed by atoms with E-state index in [9.17, 15) is 18.0 Å². The summed E-state index contributed by atoms with van der Waals surface area (Å²) in [6.07, 6.45) is 1.75. The van der Waals surface area contributed by atoms with Crippen LogP contribution >= 0.6 is 0 Å². The van der Waals surface area contributed by atoms with Crippen LogP contribution in [0.4, 0.5) is 0 Å². The van der Waals surface area contributed by atoms with E-state index in [0.29, 0.717) is 0 Å². The molecule has 0 aromatic heterocycles. The summed E-state index contributed by atoms with van der Waals surface area (Å²) in [5.41, 5.74) is 0. The molecule has 0 aromatic carbocycles. The molecular weight excluding hydrogens is 286 g/mol. The Hall–Kier alpha value is -1.15. The van der Waals surface area contributed by atoms with Gasteiger partial charge in [0.2, 0.25) is 10.0 Å². The van der Waals surface area contributed by atoms with Crippen molar-refractivity contribution in [3.05, 3.63) is 0 Å². The summed E-state index contributed by atoms with van der Waals surface area (Å²) in [6.45, 7) is 1.64. The van der Waals surface area contributed by atoms with Crippen LogP contribution in [0.3, 0.4) is 0 Å². The summed E-state index contributed by atoms with van der Waals surface area (Å²) in [6, 6.07) is -0.109. The number of ether oxygens (including phenoxy) is 2. The molecule has 8 heteroatoms. The lowest BCUT2D eigenvalue weighted by atomic mass is 10.3. The Morgan fingerprint density at radius 1 is 1.25 bits per heavy atom. The van der Waals surface area contributed by atoms with Crippen LogP contribution in [0.1, 0.15) is 32.6 Å². The lowest BCUT2D eigenvalue weighted by molar-refractivity contribution is -0.143. The van der Waals surface area contributed by atoms with Crippen LogP contribution in [0.15, 0.2) is 0 Å². The second kappa shape index (κ2) is 7.58. The molecule has 0 radical (unpaired) electrons. The normalized spacial score (nSPS) is 15.2. The standard InChI is InChI=1S/C12H21NO6S/c1-3-19-12(15)9-13(10-6-7-10)20(16,17)8-4-5-11(14)18-2/h10H,3-9H2,1-2H3. The lowest BCUT2D eigenvalue weighted by Gasteiger charge is -2.20. The first kappa shape index (κ1) is 16.9. The van der Waals surface area contributed by atoms with Crippen molar-refractivity contribution in [1.29, 1.82) is 0 Å². The molecule has 0 amide bonds. The van der Waals surface area contributed by atoms with E-state index in [-0.39, 0.29) is 37.8 Å². The summed E-state index contributed by atoms with van der Waals surface area (Å²) < 4.78 is 34.8. The second-order valence-electron chi connectivity index (χ2n) is 4.58. The van der Waals surface area contributed by atoms with E-state index >= 15 is 0 Å². The molecule has 7 nitrogen and oxygen atoms in total. The van der Waals surface area contributed by atoms with E-state index in [4.69, 9.17) is 4.74 Å². The molecule has 0 N–H and O–H groups in total. The number of carbonyl (C=O) groups excluding carboxylic acids is 2. The number of hydrogen-bond acceptors (Lipinski definition) is 6. The number of nitrogens with zero attached hydrogens (tertiary/aromatic N) is 1. The number of sulfonamides is 1. The Balaban J connectivity index is 2.55. The highest BCUT2D eigenvalue weighted by molar-refractivity contribution is 7.89. The van der Waals surface area contributed by atoms with Gasteiger partial charge >= 0.3 is 11.9 Å². The van der Waals surface area contributed by atoms with Crippen molar-refractivity contribution in [3.63, 3.8) is 0 Å². The summed E-state index contributed by atoms with van der Waals surface area (Å²) in [4.78, 5) is 22.4. The number of esters is 2. The van der Waals surface area contributed by atoms with Crippen LogP contribution in [-0.2, 0) is 29.1 Å². The summed E-state index contributed by atoms with van der Waals surface area (Å²) in [5.74, 6) is -1.16. The van der Waals surface area contributed by atoms with E-state index < -0.39 is 22.0 Å². The molecule has 1 saturated carbocycles. The average molecular weight is 307 g/mol. The molecule has 0 aromatic rings. The van der Waals surface area contributed by atoms with Crippen LogP contribution in [0.2, 0.25) is 0 Å². The van der Waals surface area contributed by atoms with Gasteiger partial charge in [0, 0.05) is 12.5 Å². The predicted molar refractivity (Wildman–Crippen MR) is 71.4 cm³/mol. The maximum absolute atomic E-state index is 12.2. The van der Waals surface area contributed by atoms with Gasteiger partial charge in [-0.2, -0.15) is 4.31 Å². The van der Waals surface area contributed by atoms with E-state index in [1.165, 1.54) is 11.4 Å². The summed E-state index contributed by atoms with van der Waals surface area (Å²) >= 11 is 0. The molecule has 0 bridgehead atoms. The van der Waals surface area contributed by atoms with E-state index in [1.807, 2.05) is 0 Å². The molecule has 1 fully saturated rings. The first-order chi connectivity index (χ1) is 9.40. The maximum atomic E-state index is 12.2. The molecule has 116 valence electrons. The molecule has 0 spiro atoms. The molecule has 0 saturated heterocycles. The zero-order chi connectivity index (χ0) is 15.2. The molecule has 0 atom stereocenters. The van der Waals surface area contributed by atoms with Crippen molar-refractivity contribution in [2.45, 2.75) is 38.6 Å². The van der Waals surface area contributed by atoms with Gasteiger partial charge in [0.25, 0.3) is 0 Å². The highest BCUT2D eigenvalue weighted by atomic mass is 32.2. The van der Waals surface area contributed by atoms with Gasteiger partial charge in [0.05, 0.1) is 19.5 Å². The van der Waals surface area contributed by atoms with Crippen LogP contribution < -0.4 is 0 Å². The van der Waals surface area contributed by atoms with Gasteiger partial charge < -0.3 is 9.47 Å². The highest BCUT2D eigenvalue weighted by Gasteiger charge is 2.38. The minimum atomic E-state index is -3.55. The van der Waals surface area contributed by atoms with Crippen molar-refractivity contribution in [3.8, 4) is 0 Å². The van der Waals surface area contributed by atoms with Crippen molar-refractivity contribution in [2.24, 2.45) is 0 Å². The van der Waals surface area contributed by atoms with E-state index in [2.05, 4.69) is 4.74 Å². The first-order valence-electron chi connectivity index (χ1n) is 6.62. The van der Waals surface area contributed by atoms with Crippen molar-refractivity contribution in [2.75, 3.05) is 26.0 Å². The fourth-order valence-corrected chi connectivity index (χ4v) is 3.48. The molecule has 0 aliphatic heterocycles. The largest absolute Gasteiger partial charge is 0.469 e. The number of methoxy groups -OCH3 is 1.